The summed E-state index contributed by atoms with van der Waals surface area (Å²) in [4.78, 5) is 13.6. The number of aromatic nitrogens is 2. The van der Waals surface area contributed by atoms with Gasteiger partial charge in [-0.05, 0) is 42.2 Å². The molecule has 0 aliphatic rings. The molecule has 0 aliphatic carbocycles. The predicted molar refractivity (Wildman–Crippen MR) is 95.9 cm³/mol. The van der Waals surface area contributed by atoms with Crippen LogP contribution in [0.5, 0.6) is 0 Å². The van der Waals surface area contributed by atoms with Gasteiger partial charge in [0.15, 0.2) is 0 Å². The van der Waals surface area contributed by atoms with Crippen molar-refractivity contribution in [3.05, 3.63) is 77.0 Å². The highest BCUT2D eigenvalue weighted by Gasteiger charge is 2.13. The van der Waals surface area contributed by atoms with Crippen LogP contribution in [-0.2, 0) is 0 Å². The summed E-state index contributed by atoms with van der Waals surface area (Å²) in [5.41, 5.74) is 1.53. The maximum Gasteiger partial charge on any atom is 0.296 e. The van der Waals surface area contributed by atoms with Gasteiger partial charge in [-0.1, -0.05) is 25.1 Å². The van der Waals surface area contributed by atoms with E-state index in [1.807, 2.05) is 37.3 Å². The number of rotatable bonds is 5. The zero-order chi connectivity index (χ0) is 16.9. The van der Waals surface area contributed by atoms with Crippen LogP contribution in [0.3, 0.4) is 0 Å². The minimum Gasteiger partial charge on any atom is -0.350 e. The molecule has 122 valence electrons. The smallest absolute Gasteiger partial charge is 0.296 e. The summed E-state index contributed by atoms with van der Waals surface area (Å²) in [6.07, 6.45) is 1.68. The summed E-state index contributed by atoms with van der Waals surface area (Å²) in [5.74, 6) is 0.495. The molecule has 0 radical (unpaired) electrons. The molecule has 4 nitrogen and oxygen atoms in total. The Morgan fingerprint density at radius 2 is 1.83 bits per heavy atom. The zero-order valence-corrected chi connectivity index (χ0v) is 13.9. The Labute approximate surface area is 143 Å². The van der Waals surface area contributed by atoms with Gasteiger partial charge in [0.2, 0.25) is 0 Å². The number of thioether (sulfide) groups is 1. The van der Waals surface area contributed by atoms with Gasteiger partial charge >= 0.3 is 0 Å². The average Bonchev–Trinajstić information content (AvgIpc) is 2.61. The maximum absolute atomic E-state index is 13.1. The Balaban J connectivity index is 2.07. The molecule has 3 aromatic rings. The van der Waals surface area contributed by atoms with E-state index in [-0.39, 0.29) is 11.4 Å². The molecule has 0 saturated heterocycles. The van der Waals surface area contributed by atoms with E-state index in [1.54, 1.807) is 18.3 Å². The van der Waals surface area contributed by atoms with Crippen LogP contribution in [0.25, 0.3) is 5.69 Å². The van der Waals surface area contributed by atoms with Crippen LogP contribution in [0.4, 0.5) is 15.8 Å². The Hall–Kier alpha value is -2.60. The first-order valence-electron chi connectivity index (χ1n) is 7.52. The first kappa shape index (κ1) is 16.3. The van der Waals surface area contributed by atoms with Crippen molar-refractivity contribution in [2.75, 3.05) is 11.1 Å². The molecule has 0 aliphatic heterocycles. The lowest BCUT2D eigenvalue weighted by Gasteiger charge is -2.13. The van der Waals surface area contributed by atoms with Crippen LogP contribution in [0, 0.1) is 5.82 Å². The largest absolute Gasteiger partial charge is 0.350 e. The molecule has 0 unspecified atom stereocenters. The Kier molecular flexibility index (Phi) is 4.96. The highest BCUT2D eigenvalue weighted by atomic mass is 32.2. The van der Waals surface area contributed by atoms with Gasteiger partial charge < -0.3 is 5.32 Å². The Morgan fingerprint density at radius 3 is 2.50 bits per heavy atom. The van der Waals surface area contributed by atoms with Gasteiger partial charge in [0, 0.05) is 5.69 Å². The third-order valence-corrected chi connectivity index (χ3v) is 4.27. The first-order valence-corrected chi connectivity index (χ1v) is 8.50. The number of nitrogens with one attached hydrogen (secondary N) is 1. The number of anilines is 2. The average molecular weight is 341 g/mol. The lowest BCUT2D eigenvalue weighted by Crippen LogP contribution is -2.24. The van der Waals surface area contributed by atoms with E-state index in [4.69, 9.17) is 0 Å². The predicted octanol–water partition coefficient (Wildman–Crippen LogP) is 4.23. The van der Waals surface area contributed by atoms with E-state index in [2.05, 4.69) is 10.4 Å². The fourth-order valence-corrected chi connectivity index (χ4v) is 2.96. The van der Waals surface area contributed by atoms with Crippen LogP contribution in [0.1, 0.15) is 6.92 Å². The monoisotopic (exact) mass is 341 g/mol. The SMILES string of the molecule is CCSc1cnn(-c2ccccc2)c(=O)c1Nc1ccc(F)cc1. The van der Waals surface area contributed by atoms with Gasteiger partial charge in [-0.2, -0.15) is 9.78 Å². The van der Waals surface area contributed by atoms with Gasteiger partial charge in [-0.15, -0.1) is 11.8 Å². The van der Waals surface area contributed by atoms with Gasteiger partial charge in [0.1, 0.15) is 11.5 Å². The highest BCUT2D eigenvalue weighted by Crippen LogP contribution is 2.26. The lowest BCUT2D eigenvalue weighted by molar-refractivity contribution is 0.628. The van der Waals surface area contributed by atoms with E-state index in [1.165, 1.54) is 28.6 Å². The van der Waals surface area contributed by atoms with Crippen LogP contribution in [-0.4, -0.2) is 15.5 Å². The summed E-state index contributed by atoms with van der Waals surface area (Å²) >= 11 is 1.53. The van der Waals surface area contributed by atoms with Gasteiger partial charge in [-0.3, -0.25) is 4.79 Å². The second-order valence-corrected chi connectivity index (χ2v) is 6.31. The third-order valence-electron chi connectivity index (χ3n) is 3.36. The van der Waals surface area contributed by atoms with Crippen molar-refractivity contribution in [1.29, 1.82) is 0 Å². The molecule has 0 fully saturated rings. The fourth-order valence-electron chi connectivity index (χ4n) is 2.25. The van der Waals surface area contributed by atoms with Crippen LogP contribution in [0.2, 0.25) is 0 Å². The van der Waals surface area contributed by atoms with Crippen molar-refractivity contribution in [3.63, 3.8) is 0 Å². The number of nitrogens with zero attached hydrogens (tertiary/aromatic N) is 2. The lowest BCUT2D eigenvalue weighted by atomic mass is 10.3. The summed E-state index contributed by atoms with van der Waals surface area (Å²) in [6, 6.07) is 15.1. The number of halogens is 1. The van der Waals surface area contributed by atoms with E-state index in [0.29, 0.717) is 17.1 Å². The number of hydrogen-bond acceptors (Lipinski definition) is 4. The first-order chi connectivity index (χ1) is 11.7. The minimum absolute atomic E-state index is 0.246. The van der Waals surface area contributed by atoms with Gasteiger partial charge in [0.25, 0.3) is 5.56 Å². The van der Waals surface area contributed by atoms with E-state index in [9.17, 15) is 9.18 Å². The minimum atomic E-state index is -0.319. The summed E-state index contributed by atoms with van der Waals surface area (Å²) in [5, 5.41) is 7.37. The molecule has 6 heteroatoms. The molecule has 0 bridgehead atoms. The summed E-state index contributed by atoms with van der Waals surface area (Å²) < 4.78 is 14.4. The van der Waals surface area contributed by atoms with Gasteiger partial charge in [0.05, 0.1) is 16.8 Å². The molecule has 0 spiro atoms. The molecule has 1 aromatic heterocycles. The number of benzene rings is 2. The standard InChI is InChI=1S/C18H16FN3OS/c1-2-24-16-12-20-22(15-6-4-3-5-7-15)18(23)17(16)21-14-10-8-13(19)9-11-14/h3-12,21H,2H2,1H3. The Bertz CT molecular complexity index is 879. The van der Waals surface area contributed by atoms with Crippen molar-refractivity contribution >= 4 is 23.1 Å². The molecule has 0 atom stereocenters. The van der Waals surface area contributed by atoms with Crippen LogP contribution >= 0.6 is 11.8 Å². The number of para-hydroxylation sites is 1. The molecule has 3 rings (SSSR count). The molecule has 0 amide bonds. The van der Waals surface area contributed by atoms with Crippen molar-refractivity contribution in [2.24, 2.45) is 0 Å². The van der Waals surface area contributed by atoms with Crippen molar-refractivity contribution < 1.29 is 4.39 Å². The third kappa shape index (κ3) is 3.49. The molecule has 2 aromatic carbocycles. The van der Waals surface area contributed by atoms with E-state index in [0.717, 1.165) is 10.6 Å². The highest BCUT2D eigenvalue weighted by molar-refractivity contribution is 7.99. The van der Waals surface area contributed by atoms with Crippen molar-refractivity contribution in [2.45, 2.75) is 11.8 Å². The number of hydrogen-bond donors (Lipinski definition) is 1. The zero-order valence-electron chi connectivity index (χ0n) is 13.1. The van der Waals surface area contributed by atoms with E-state index >= 15 is 0 Å². The van der Waals surface area contributed by atoms with Crippen molar-refractivity contribution in [3.8, 4) is 5.69 Å². The van der Waals surface area contributed by atoms with Crippen LogP contribution in [0.15, 0.2) is 70.5 Å². The second kappa shape index (κ2) is 7.31. The normalized spacial score (nSPS) is 10.6. The van der Waals surface area contributed by atoms with Gasteiger partial charge in [-0.25, -0.2) is 4.39 Å². The Morgan fingerprint density at radius 1 is 1.12 bits per heavy atom. The molecule has 1 heterocycles. The quantitative estimate of drug-likeness (QED) is 0.706. The molecule has 0 saturated carbocycles. The topological polar surface area (TPSA) is 46.9 Å². The van der Waals surface area contributed by atoms with Crippen LogP contribution < -0.4 is 10.9 Å². The molecular weight excluding hydrogens is 325 g/mol. The van der Waals surface area contributed by atoms with E-state index < -0.39 is 0 Å². The molecule has 1 N–H and O–H groups in total. The fraction of sp³-hybridized carbons (Fsp3) is 0.111. The summed E-state index contributed by atoms with van der Waals surface area (Å²) in [7, 11) is 0. The molecular formula is C18H16FN3OS. The molecule has 24 heavy (non-hydrogen) atoms. The maximum atomic E-state index is 13.1. The second-order valence-electron chi connectivity index (χ2n) is 5.00. The summed E-state index contributed by atoms with van der Waals surface area (Å²) in [6.45, 7) is 2.01. The van der Waals surface area contributed by atoms with Crippen molar-refractivity contribution in [1.82, 2.24) is 9.78 Å².